The third kappa shape index (κ3) is 28.3. The average molecular weight is 1840 g/mol. The second kappa shape index (κ2) is 47.5. The van der Waals surface area contributed by atoms with E-state index in [1.165, 1.54) is 94.1 Å². The lowest BCUT2D eigenvalue weighted by atomic mass is 10.0. The summed E-state index contributed by atoms with van der Waals surface area (Å²) in [6.45, 7) is 8.64. The lowest BCUT2D eigenvalue weighted by Gasteiger charge is -2.24. The number of aryl methyl sites for hydroxylation is 1. The van der Waals surface area contributed by atoms with Crippen LogP contribution in [0.2, 0.25) is 0 Å². The number of hydrogen-bond donors (Lipinski definition) is 11. The van der Waals surface area contributed by atoms with Gasteiger partial charge in [-0.3, -0.25) is 9.10 Å². The number of amides is 1. The minimum absolute atomic E-state index is 0.0180. The van der Waals surface area contributed by atoms with Gasteiger partial charge in [0.2, 0.25) is 46.0 Å². The highest BCUT2D eigenvalue weighted by molar-refractivity contribution is 8.01. The fourth-order valence-corrected chi connectivity index (χ4v) is 22.8. The van der Waals surface area contributed by atoms with Crippen LogP contribution in [-0.2, 0) is 80.2 Å². The van der Waals surface area contributed by atoms with Gasteiger partial charge in [0.05, 0.1) is 45.4 Å². The van der Waals surface area contributed by atoms with Crippen LogP contribution in [0.25, 0.3) is 0 Å². The van der Waals surface area contributed by atoms with Crippen LogP contribution in [0.1, 0.15) is 178 Å². The first-order valence-electron chi connectivity index (χ1n) is 42.3. The fourth-order valence-electron chi connectivity index (χ4n) is 14.6. The van der Waals surface area contributed by atoms with Crippen LogP contribution in [0.5, 0.6) is 57.5 Å². The molecule has 11 N–H and O–H groups in total. The standard InChI is InChI=1S/C22H28F3NO4S.C20H35NO4S.C18H21NO4S.C17H18N2O5S.C15H15NO3S/c1-2-3-4-5-6-7-13-26(16-17-9-8-10-18(14-17)22(23,24)25)31(29,30)19-11-12-20(27)21(28)15-19;1-3-5-7-9-10-12-16-21(15-11-8-6-4-2)26(24,25)18-13-14-19(22)20(23)17-18;20-17-11-10-16(13-18(17)21)24(22,23)19-12-4-7-15(19)9-8-14-5-2-1-3-6-14;20-15-9-8-13(11-16(15)21)25(23,24)19-10-4-7-14(19)17(22)18-12-5-2-1-3-6-12;1-20(19,12-6-7-14(17)15(18)10-12)16-9-8-11-4-2-3-5-13(11)16/h8-12,14-15,27-28H,2-7,13,16H2,1H3;13-14,17,22-23H,3-12,15-16H2,1-2H3;1-3,5-6,10-11,13,15,20-21H,4,7-9,12H2;1-3,5-6,8-9,11,14,20-21H,4,7,10H2,(H,18,22);2-7,10,17-18H,1,8-9H2/t;;15-;14-;/m..00./s1. The number of unbranched alkanes of at least 4 members (excludes halogenated alkanes) is 13. The van der Waals surface area contributed by atoms with Gasteiger partial charge >= 0.3 is 6.18 Å². The summed E-state index contributed by atoms with van der Waals surface area (Å²) in [5.74, 6) is -0.486. The number of alkyl halides is 3. The number of para-hydroxylation sites is 2. The summed E-state index contributed by atoms with van der Waals surface area (Å²) in [4.78, 5) is 12.6. The highest BCUT2D eigenvalue weighted by Gasteiger charge is 2.41. The van der Waals surface area contributed by atoms with Crippen LogP contribution in [0.15, 0.2) is 225 Å². The minimum atomic E-state index is -4.53. The van der Waals surface area contributed by atoms with E-state index < -0.39 is 108 Å². The number of nitrogens with zero attached hydrogens (tertiary/aromatic N) is 5. The summed E-state index contributed by atoms with van der Waals surface area (Å²) in [7, 11) is -18.1. The van der Waals surface area contributed by atoms with Gasteiger partial charge in [0.15, 0.2) is 57.5 Å². The summed E-state index contributed by atoms with van der Waals surface area (Å²) < 4.78 is 163. The van der Waals surface area contributed by atoms with Crippen molar-refractivity contribution >= 4 is 73.0 Å². The first-order valence-corrected chi connectivity index (χ1v) is 49.7. The molecule has 0 saturated carbocycles. The van der Waals surface area contributed by atoms with Gasteiger partial charge in [0.25, 0.3) is 0 Å². The molecule has 0 spiro atoms. The maximum atomic E-state index is 13.2. The Hall–Kier alpha value is -10.3. The molecule has 0 aliphatic carbocycles. The zero-order valence-corrected chi connectivity index (χ0v) is 75.2. The van der Waals surface area contributed by atoms with Crippen LogP contribution in [0.4, 0.5) is 24.5 Å². The van der Waals surface area contributed by atoms with Gasteiger partial charge < -0.3 is 56.4 Å². The second-order valence-electron chi connectivity index (χ2n) is 31.0. The van der Waals surface area contributed by atoms with Crippen molar-refractivity contribution in [3.8, 4) is 57.5 Å². The van der Waals surface area contributed by atoms with Crippen LogP contribution in [-0.4, -0.2) is 169 Å². The predicted octanol–water partition coefficient (Wildman–Crippen LogP) is 17.6. The number of sulfonamides is 4. The summed E-state index contributed by atoms with van der Waals surface area (Å²) in [6, 6.07) is 48.4. The molecule has 0 bridgehead atoms. The van der Waals surface area contributed by atoms with Crippen molar-refractivity contribution in [2.75, 3.05) is 48.9 Å². The van der Waals surface area contributed by atoms with Crippen molar-refractivity contribution in [1.29, 1.82) is 0 Å². The Balaban J connectivity index is 0.000000196. The Bertz CT molecular complexity index is 5630. The van der Waals surface area contributed by atoms with E-state index in [0.717, 1.165) is 184 Å². The normalized spacial score (nSPS) is 15.3. The van der Waals surface area contributed by atoms with Crippen LogP contribution in [0.3, 0.4) is 0 Å². The summed E-state index contributed by atoms with van der Waals surface area (Å²) in [6.07, 6.45) is 16.8. The van der Waals surface area contributed by atoms with Gasteiger partial charge in [-0.2, -0.15) is 30.4 Å². The van der Waals surface area contributed by atoms with Crippen molar-refractivity contribution in [3.63, 3.8) is 0 Å². The van der Waals surface area contributed by atoms with E-state index in [0.29, 0.717) is 56.0 Å². The second-order valence-corrected chi connectivity index (χ2v) is 40.8. The van der Waals surface area contributed by atoms with E-state index in [1.807, 2.05) is 60.7 Å². The molecule has 686 valence electrons. The number of phenolic OH excluding ortho intramolecular Hbond substituents is 10. The number of carbonyl (C=O) groups is 1. The minimum Gasteiger partial charge on any atom is -0.504 e. The zero-order chi connectivity index (χ0) is 92.0. The number of halogens is 3. The van der Waals surface area contributed by atoms with Gasteiger partial charge in [-0.1, -0.05) is 189 Å². The number of carbonyl (C=O) groups excluding carboxylic acids is 1. The molecule has 0 aromatic heterocycles. The fraction of sp³-hybridized carbons (Fsp3) is 0.391. The van der Waals surface area contributed by atoms with E-state index in [1.54, 1.807) is 28.6 Å². The molecule has 12 rings (SSSR count). The van der Waals surface area contributed by atoms with E-state index in [9.17, 15) is 107 Å². The quantitative estimate of drug-likeness (QED) is 0.00987. The number of fused-ring (bicyclic) bond motifs is 1. The molecule has 3 atom stereocenters. The molecule has 9 aromatic carbocycles. The zero-order valence-electron chi connectivity index (χ0n) is 71.1. The third-order valence-electron chi connectivity index (χ3n) is 21.7. The largest absolute Gasteiger partial charge is 0.504 e. The highest BCUT2D eigenvalue weighted by Crippen LogP contribution is 2.40. The monoisotopic (exact) mass is 1840 g/mol. The predicted molar refractivity (Wildman–Crippen MR) is 482 cm³/mol. The topological polar surface area (TPSA) is 401 Å². The van der Waals surface area contributed by atoms with Crippen molar-refractivity contribution in [2.24, 2.45) is 0 Å². The number of rotatable bonds is 36. The molecule has 34 heteroatoms. The lowest BCUT2D eigenvalue weighted by molar-refractivity contribution is -0.137. The lowest BCUT2D eigenvalue weighted by Crippen LogP contribution is -2.43. The molecule has 26 nitrogen and oxygen atoms in total. The van der Waals surface area contributed by atoms with Crippen molar-refractivity contribution in [3.05, 3.63) is 222 Å². The molecular weight excluding hydrogens is 1730 g/mol. The third-order valence-corrected chi connectivity index (χ3v) is 31.3. The first kappa shape index (κ1) is 101. The Morgan fingerprint density at radius 1 is 0.421 bits per heavy atom. The summed E-state index contributed by atoms with van der Waals surface area (Å²) in [5, 5.41) is 97.8. The number of anilines is 2. The van der Waals surface area contributed by atoms with Gasteiger partial charge in [-0.15, -0.1) is 0 Å². The number of benzene rings is 9. The maximum Gasteiger partial charge on any atom is 0.416 e. The number of aromatic hydroxyl groups is 10. The number of nitrogens with one attached hydrogen (secondary N) is 1. The molecule has 3 aliphatic heterocycles. The highest BCUT2D eigenvalue weighted by atomic mass is 32.2. The Kier molecular flexibility index (Phi) is 38.1. The van der Waals surface area contributed by atoms with Crippen LogP contribution < -0.4 is 9.62 Å². The number of hydrogen-bond acceptors (Lipinski definition) is 20. The van der Waals surface area contributed by atoms with E-state index in [4.69, 9.17) is 0 Å². The Morgan fingerprint density at radius 3 is 1.32 bits per heavy atom. The Labute approximate surface area is 738 Å². The summed E-state index contributed by atoms with van der Waals surface area (Å²) >= 11 is 0. The molecule has 2 saturated heterocycles. The maximum absolute atomic E-state index is 13.2. The molecule has 3 aliphatic rings. The Morgan fingerprint density at radius 2 is 0.817 bits per heavy atom. The van der Waals surface area contributed by atoms with E-state index in [2.05, 4.69) is 32.0 Å². The smallest absolute Gasteiger partial charge is 0.416 e. The SMILES string of the molecule is C=S(=O)(c1ccc(O)c(O)c1)N1CCc2ccccc21.CCCCCCCCN(CCCCCC)S(=O)(=O)c1ccc(O)c(O)c1.CCCCCCCCN(Cc1cccc(C(F)(F)F)c1)S(=O)(=O)c1ccc(O)c(O)c1.O=C(Nc1ccccc1)[C@@H]1CCCN1S(=O)(=O)c1ccc(O)c(O)c1.O=S(=O)(c1ccc(O)c(O)c1)N1CCC[C@H]1CCc1ccccc1. The molecule has 9 aromatic rings. The first-order chi connectivity index (χ1) is 59.9. The molecule has 1 unspecified atom stereocenters. The van der Waals surface area contributed by atoms with Gasteiger partial charge in [0, 0.05) is 87.9 Å². The molecule has 2 fully saturated rings. The van der Waals surface area contributed by atoms with E-state index in [-0.39, 0.29) is 73.8 Å². The van der Waals surface area contributed by atoms with Crippen LogP contribution >= 0.6 is 0 Å². The molecule has 0 radical (unpaired) electrons. The summed E-state index contributed by atoms with van der Waals surface area (Å²) in [5.41, 5.74) is 3.23. The van der Waals surface area contributed by atoms with Crippen LogP contribution in [0, 0.1) is 0 Å². The average Bonchev–Trinajstić information content (AvgIpc) is 1.63. The molecule has 126 heavy (non-hydrogen) atoms. The molecule has 1 amide bonds. The van der Waals surface area contributed by atoms with Crippen molar-refractivity contribution < 1.29 is 107 Å². The van der Waals surface area contributed by atoms with Gasteiger partial charge in [-0.05, 0) is 172 Å². The number of phenols is 10. The van der Waals surface area contributed by atoms with Gasteiger partial charge in [0.1, 0.15) is 6.04 Å². The van der Waals surface area contributed by atoms with Crippen molar-refractivity contribution in [2.45, 2.75) is 218 Å². The van der Waals surface area contributed by atoms with Crippen molar-refractivity contribution in [1.82, 2.24) is 17.2 Å². The van der Waals surface area contributed by atoms with Gasteiger partial charge in [-0.25, -0.2) is 37.9 Å². The molecular formula is C92H117F3N6O20S5. The van der Waals surface area contributed by atoms with E-state index >= 15 is 0 Å². The molecule has 3 heterocycles.